The molecule has 13 nitrogen and oxygen atoms in total. The number of ether oxygens (including phenoxy) is 1. The fourth-order valence-electron chi connectivity index (χ4n) is 4.39. The molecule has 0 aromatic carbocycles. The molecule has 5 rings (SSSR count). The fraction of sp³-hybridized carbons (Fsp3) is 0.550. The number of fused-ring (bicyclic) bond motifs is 1. The Bertz CT molecular complexity index is 1160. The van der Waals surface area contributed by atoms with Crippen LogP contribution in [-0.4, -0.2) is 86.7 Å². The molecule has 1 unspecified atom stereocenters. The smallest absolute Gasteiger partial charge is 0.338 e. The van der Waals surface area contributed by atoms with Crippen molar-refractivity contribution >= 4 is 23.0 Å². The van der Waals surface area contributed by atoms with Gasteiger partial charge < -0.3 is 30.5 Å². The van der Waals surface area contributed by atoms with Crippen molar-refractivity contribution in [3.63, 3.8) is 0 Å². The summed E-state index contributed by atoms with van der Waals surface area (Å²) in [5.41, 5.74) is 0.727. The molecule has 0 bridgehead atoms. The van der Waals surface area contributed by atoms with Crippen LogP contribution >= 0.6 is 0 Å². The molecule has 13 heteroatoms. The number of nitrogens with one attached hydrogen (secondary N) is 1. The van der Waals surface area contributed by atoms with E-state index in [-0.39, 0.29) is 17.6 Å². The Morgan fingerprint density at radius 2 is 1.97 bits per heavy atom. The van der Waals surface area contributed by atoms with Crippen LogP contribution in [0, 0.1) is 0 Å². The topological polar surface area (TPSA) is 181 Å². The number of aliphatic hydroxyl groups is 3. The first kappa shape index (κ1) is 21.7. The molecule has 33 heavy (non-hydrogen) atoms. The van der Waals surface area contributed by atoms with Crippen LogP contribution in [0.3, 0.4) is 0 Å². The van der Waals surface area contributed by atoms with E-state index in [1.807, 2.05) is 0 Å². The molecule has 1 saturated carbocycles. The summed E-state index contributed by atoms with van der Waals surface area (Å²) in [6.45, 7) is -0.457. The summed E-state index contributed by atoms with van der Waals surface area (Å²) in [4.78, 5) is 24.8. The van der Waals surface area contributed by atoms with E-state index in [0.717, 1.165) is 25.7 Å². The average Bonchev–Trinajstić information content (AvgIpc) is 3.53. The Hall–Kier alpha value is -3.13. The summed E-state index contributed by atoms with van der Waals surface area (Å²) in [6, 6.07) is 0.205. The summed E-state index contributed by atoms with van der Waals surface area (Å²) in [7, 11) is 0. The van der Waals surface area contributed by atoms with Gasteiger partial charge in [-0.15, -0.1) is 0 Å². The summed E-state index contributed by atoms with van der Waals surface area (Å²) >= 11 is 0. The zero-order chi connectivity index (χ0) is 23.1. The van der Waals surface area contributed by atoms with Crippen LogP contribution in [0.15, 0.2) is 18.7 Å². The van der Waals surface area contributed by atoms with Gasteiger partial charge in [0.25, 0.3) is 5.95 Å². The number of nitrogens with zero attached hydrogens (tertiary/aromatic N) is 6. The molecule has 1 aliphatic heterocycles. The van der Waals surface area contributed by atoms with E-state index in [2.05, 4.69) is 25.4 Å². The summed E-state index contributed by atoms with van der Waals surface area (Å²) < 4.78 is 8.37. The number of carboxylic acids is 1. The number of aromatic carboxylic acids is 1. The van der Waals surface area contributed by atoms with Gasteiger partial charge in [-0.2, -0.15) is 15.1 Å². The second-order valence-corrected chi connectivity index (χ2v) is 8.38. The summed E-state index contributed by atoms with van der Waals surface area (Å²) in [5, 5.41) is 46.8. The minimum absolute atomic E-state index is 0.0162. The van der Waals surface area contributed by atoms with Gasteiger partial charge in [0, 0.05) is 12.2 Å². The molecule has 1 saturated heterocycles. The van der Waals surface area contributed by atoms with Crippen LogP contribution < -0.4 is 5.32 Å². The van der Waals surface area contributed by atoms with Crippen molar-refractivity contribution in [2.24, 2.45) is 0 Å². The lowest BCUT2D eigenvalue weighted by molar-refractivity contribution is -0.0511. The van der Waals surface area contributed by atoms with Crippen LogP contribution in [0.5, 0.6) is 0 Å². The van der Waals surface area contributed by atoms with Gasteiger partial charge in [0.05, 0.1) is 24.7 Å². The van der Waals surface area contributed by atoms with Crippen LogP contribution in [0.2, 0.25) is 0 Å². The number of aliphatic hydroxyl groups excluding tert-OH is 3. The molecular weight excluding hydrogens is 434 g/mol. The molecular formula is C20H25N7O6. The lowest BCUT2D eigenvalue weighted by Gasteiger charge is -2.23. The van der Waals surface area contributed by atoms with Gasteiger partial charge in [0.2, 0.25) is 0 Å². The summed E-state index contributed by atoms with van der Waals surface area (Å²) in [6.07, 6.45) is 4.76. The highest BCUT2D eigenvalue weighted by molar-refractivity contribution is 5.87. The molecule has 3 aromatic rings. The van der Waals surface area contributed by atoms with Crippen LogP contribution in [0.25, 0.3) is 17.1 Å². The highest BCUT2D eigenvalue weighted by atomic mass is 16.6. The highest BCUT2D eigenvalue weighted by Gasteiger charge is 2.44. The number of imidazole rings is 1. The fourth-order valence-corrected chi connectivity index (χ4v) is 4.39. The molecule has 4 atom stereocenters. The van der Waals surface area contributed by atoms with Gasteiger partial charge in [-0.05, 0) is 12.8 Å². The Kier molecular flexibility index (Phi) is 5.70. The first-order valence-corrected chi connectivity index (χ1v) is 10.9. The number of rotatable bonds is 6. The molecule has 0 radical (unpaired) electrons. The normalized spacial score (nSPS) is 26.2. The zero-order valence-electron chi connectivity index (χ0n) is 17.7. The quantitative estimate of drug-likeness (QED) is 0.336. The van der Waals surface area contributed by atoms with Crippen LogP contribution in [-0.2, 0) is 4.74 Å². The summed E-state index contributed by atoms with van der Waals surface area (Å²) in [5.74, 6) is -0.555. The van der Waals surface area contributed by atoms with Gasteiger partial charge in [-0.1, -0.05) is 19.3 Å². The number of hydrogen-bond acceptors (Lipinski definition) is 10. The van der Waals surface area contributed by atoms with E-state index < -0.39 is 37.1 Å². The van der Waals surface area contributed by atoms with Crippen molar-refractivity contribution in [2.75, 3.05) is 11.9 Å². The minimum atomic E-state index is -1.31. The maximum atomic E-state index is 11.3. The van der Waals surface area contributed by atoms with E-state index >= 15 is 0 Å². The Balaban J connectivity index is 1.59. The molecule has 2 fully saturated rings. The Morgan fingerprint density at radius 1 is 1.18 bits per heavy atom. The molecule has 2 aliphatic rings. The van der Waals surface area contributed by atoms with E-state index in [1.165, 1.54) is 34.4 Å². The van der Waals surface area contributed by atoms with Gasteiger partial charge in [0.15, 0.2) is 23.2 Å². The van der Waals surface area contributed by atoms with Crippen molar-refractivity contribution in [1.29, 1.82) is 0 Å². The van der Waals surface area contributed by atoms with E-state index in [4.69, 9.17) is 4.74 Å². The predicted molar refractivity (Wildman–Crippen MR) is 113 cm³/mol. The van der Waals surface area contributed by atoms with Crippen molar-refractivity contribution in [2.45, 2.75) is 62.7 Å². The van der Waals surface area contributed by atoms with E-state index in [9.17, 15) is 25.2 Å². The van der Waals surface area contributed by atoms with Crippen LogP contribution in [0.4, 0.5) is 5.82 Å². The van der Waals surface area contributed by atoms with Gasteiger partial charge in [-0.3, -0.25) is 4.57 Å². The monoisotopic (exact) mass is 459 g/mol. The number of carbonyl (C=O) groups is 1. The molecule has 0 amide bonds. The third-order valence-corrected chi connectivity index (χ3v) is 6.18. The van der Waals surface area contributed by atoms with Gasteiger partial charge in [-0.25, -0.2) is 14.5 Å². The lowest BCUT2D eigenvalue weighted by Crippen LogP contribution is -2.33. The Morgan fingerprint density at radius 3 is 2.64 bits per heavy atom. The molecule has 176 valence electrons. The number of carboxylic acid groups (broad SMARTS) is 1. The predicted octanol–water partition coefficient (Wildman–Crippen LogP) is 0.0663. The molecule has 0 spiro atoms. The lowest BCUT2D eigenvalue weighted by atomic mass is 9.95. The molecule has 4 heterocycles. The first-order chi connectivity index (χ1) is 16.0. The van der Waals surface area contributed by atoms with Crippen molar-refractivity contribution in [3.05, 3.63) is 24.3 Å². The average molecular weight is 459 g/mol. The van der Waals surface area contributed by atoms with Crippen molar-refractivity contribution < 1.29 is 30.0 Å². The zero-order valence-corrected chi connectivity index (χ0v) is 17.7. The van der Waals surface area contributed by atoms with Crippen molar-refractivity contribution in [1.82, 2.24) is 29.3 Å². The van der Waals surface area contributed by atoms with Gasteiger partial charge >= 0.3 is 5.97 Å². The SMILES string of the molecule is O=C(O)c1cnn(-c2nc(NC3CCCCC3)c3ncn(C4O[C@H](CO)[C@@H](O)[C@H]4O)c3n2)c1. The number of aromatic nitrogens is 6. The third kappa shape index (κ3) is 3.93. The standard InChI is InChI=1S/C20H25N7O6/c28-8-12-14(29)15(30)18(33-12)26-9-21-13-16(23-11-4-2-1-3-5-11)24-20(25-17(13)26)27-7-10(6-22-27)19(31)32/h6-7,9,11-12,14-15,18,28-30H,1-5,8H2,(H,31,32)(H,23,24,25)/t12-,14-,15-,18?/m1/s1. The maximum absolute atomic E-state index is 11.3. The Labute approximate surface area is 187 Å². The minimum Gasteiger partial charge on any atom is -0.478 e. The number of hydrogen-bond donors (Lipinski definition) is 5. The van der Waals surface area contributed by atoms with Crippen molar-refractivity contribution in [3.8, 4) is 5.95 Å². The maximum Gasteiger partial charge on any atom is 0.338 e. The molecule has 5 N–H and O–H groups in total. The number of anilines is 1. The first-order valence-electron chi connectivity index (χ1n) is 10.9. The second-order valence-electron chi connectivity index (χ2n) is 8.38. The van der Waals surface area contributed by atoms with E-state index in [0.29, 0.717) is 17.0 Å². The third-order valence-electron chi connectivity index (χ3n) is 6.18. The highest BCUT2D eigenvalue weighted by Crippen LogP contribution is 2.33. The van der Waals surface area contributed by atoms with E-state index in [1.54, 1.807) is 0 Å². The van der Waals surface area contributed by atoms with Crippen LogP contribution in [0.1, 0.15) is 48.7 Å². The second kappa shape index (κ2) is 8.67. The molecule has 3 aromatic heterocycles. The molecule has 1 aliphatic carbocycles. The van der Waals surface area contributed by atoms with Gasteiger partial charge in [0.1, 0.15) is 18.3 Å². The largest absolute Gasteiger partial charge is 0.478 e.